The number of halogens is 3. The Morgan fingerprint density at radius 3 is 2.64 bits per heavy atom. The van der Waals surface area contributed by atoms with Crippen LogP contribution in [0.1, 0.15) is 63.5 Å². The van der Waals surface area contributed by atoms with Gasteiger partial charge in [0, 0.05) is 5.54 Å². The molecule has 0 amide bonds. The first-order chi connectivity index (χ1) is 13.0. The third-order valence-corrected chi connectivity index (χ3v) is 6.11. The largest absolute Gasteiger partial charge is 0.494 e. The van der Waals surface area contributed by atoms with Gasteiger partial charge in [-0.3, -0.25) is 0 Å². The predicted octanol–water partition coefficient (Wildman–Crippen LogP) is 5.09. The van der Waals surface area contributed by atoms with Crippen LogP contribution in [-0.4, -0.2) is 29.4 Å². The highest BCUT2D eigenvalue weighted by atomic mass is 19.4. The van der Waals surface area contributed by atoms with Crippen LogP contribution in [0.4, 0.5) is 13.2 Å². The van der Waals surface area contributed by atoms with Crippen LogP contribution in [0.15, 0.2) is 18.2 Å². The number of fused-ring (bicyclic) bond motifs is 2. The number of ether oxygens (including phenoxy) is 1. The van der Waals surface area contributed by atoms with E-state index in [1.165, 1.54) is 6.42 Å². The van der Waals surface area contributed by atoms with E-state index in [1.807, 2.05) is 0 Å². The summed E-state index contributed by atoms with van der Waals surface area (Å²) in [6.07, 6.45) is 1.12. The molecule has 3 nitrogen and oxygen atoms in total. The minimum Gasteiger partial charge on any atom is -0.494 e. The van der Waals surface area contributed by atoms with Gasteiger partial charge in [-0.2, -0.15) is 13.2 Å². The molecule has 1 aromatic carbocycles. The van der Waals surface area contributed by atoms with E-state index in [1.54, 1.807) is 13.0 Å². The maximum Gasteiger partial charge on any atom is 0.416 e. The fraction of sp³-hybridized carbons (Fsp3) is 0.727. The molecular formula is C22H32F3NO2. The lowest BCUT2D eigenvalue weighted by Crippen LogP contribution is -2.57. The van der Waals surface area contributed by atoms with Gasteiger partial charge in [-0.05, 0) is 94.5 Å². The van der Waals surface area contributed by atoms with Crippen LogP contribution in [0.5, 0.6) is 5.75 Å². The minimum absolute atomic E-state index is 0.0927. The molecule has 2 aliphatic rings. The average molecular weight is 399 g/mol. The zero-order valence-corrected chi connectivity index (χ0v) is 17.0. The summed E-state index contributed by atoms with van der Waals surface area (Å²) in [4.78, 5) is 0. The van der Waals surface area contributed by atoms with Crippen molar-refractivity contribution in [3.63, 3.8) is 0 Å². The molecule has 2 saturated carbocycles. The zero-order valence-electron chi connectivity index (χ0n) is 17.0. The molecule has 0 aliphatic heterocycles. The van der Waals surface area contributed by atoms with Crippen molar-refractivity contribution in [3.8, 4) is 5.75 Å². The molecule has 2 N–H and O–H groups in total. The third-order valence-electron chi connectivity index (χ3n) is 6.11. The summed E-state index contributed by atoms with van der Waals surface area (Å²) in [7, 11) is 0. The third kappa shape index (κ3) is 5.41. The van der Waals surface area contributed by atoms with Gasteiger partial charge >= 0.3 is 6.18 Å². The van der Waals surface area contributed by atoms with Crippen molar-refractivity contribution >= 4 is 0 Å². The van der Waals surface area contributed by atoms with Crippen LogP contribution >= 0.6 is 0 Å². The van der Waals surface area contributed by atoms with Crippen molar-refractivity contribution in [1.29, 1.82) is 0 Å². The Morgan fingerprint density at radius 1 is 1.21 bits per heavy atom. The van der Waals surface area contributed by atoms with E-state index in [4.69, 9.17) is 4.74 Å². The average Bonchev–Trinajstić information content (AvgIpc) is 2.50. The predicted molar refractivity (Wildman–Crippen MR) is 103 cm³/mol. The van der Waals surface area contributed by atoms with Gasteiger partial charge in [0.2, 0.25) is 0 Å². The topological polar surface area (TPSA) is 41.5 Å². The second kappa shape index (κ2) is 7.86. The summed E-state index contributed by atoms with van der Waals surface area (Å²) in [5, 5.41) is 14.5. The zero-order chi connectivity index (χ0) is 20.6. The normalized spacial score (nSPS) is 33.0. The molecule has 6 heteroatoms. The van der Waals surface area contributed by atoms with Crippen molar-refractivity contribution in [3.05, 3.63) is 29.3 Å². The number of alkyl halides is 3. The van der Waals surface area contributed by atoms with E-state index >= 15 is 0 Å². The Bertz CT molecular complexity index is 689. The monoisotopic (exact) mass is 399 g/mol. The van der Waals surface area contributed by atoms with E-state index in [0.29, 0.717) is 37.0 Å². The SMILES string of the molecule is Cc1cc(OCCCNC2(C)CC3CC(C)CC(O)(C3)C2)cc(C(F)(F)F)c1. The second-order valence-electron chi connectivity index (χ2n) is 9.44. The number of benzene rings is 1. The van der Waals surface area contributed by atoms with E-state index in [2.05, 4.69) is 19.2 Å². The molecular weight excluding hydrogens is 367 g/mol. The van der Waals surface area contributed by atoms with Gasteiger partial charge < -0.3 is 15.2 Å². The van der Waals surface area contributed by atoms with E-state index < -0.39 is 17.3 Å². The molecule has 2 fully saturated rings. The van der Waals surface area contributed by atoms with Gasteiger partial charge in [-0.1, -0.05) is 6.92 Å². The minimum atomic E-state index is -4.36. The van der Waals surface area contributed by atoms with Crippen LogP contribution in [-0.2, 0) is 6.18 Å². The van der Waals surface area contributed by atoms with E-state index in [0.717, 1.165) is 37.8 Å². The highest BCUT2D eigenvalue weighted by Crippen LogP contribution is 2.48. The molecule has 0 radical (unpaired) electrons. The standard InChI is InChI=1S/C22H32F3NO2/c1-15-8-18(22(23,24)25)10-19(9-15)28-6-4-5-26-20(3)12-17-7-16(2)11-21(27,13-17)14-20/h8-10,16-17,26-27H,4-7,11-14H2,1-3H3. The van der Waals surface area contributed by atoms with Crippen LogP contribution in [0.3, 0.4) is 0 Å². The molecule has 4 atom stereocenters. The van der Waals surface area contributed by atoms with Crippen LogP contribution in [0.2, 0.25) is 0 Å². The van der Waals surface area contributed by atoms with Gasteiger partial charge in [-0.15, -0.1) is 0 Å². The molecule has 2 bridgehead atoms. The Balaban J connectivity index is 1.47. The first-order valence-corrected chi connectivity index (χ1v) is 10.3. The maximum atomic E-state index is 12.9. The van der Waals surface area contributed by atoms with Gasteiger partial charge in [0.25, 0.3) is 0 Å². The lowest BCUT2D eigenvalue weighted by molar-refractivity contribution is -0.137. The molecule has 158 valence electrons. The number of hydrogen-bond acceptors (Lipinski definition) is 3. The van der Waals surface area contributed by atoms with Gasteiger partial charge in [-0.25, -0.2) is 0 Å². The fourth-order valence-corrected chi connectivity index (χ4v) is 5.52. The molecule has 28 heavy (non-hydrogen) atoms. The van der Waals surface area contributed by atoms with Crippen molar-refractivity contribution < 1.29 is 23.0 Å². The number of aryl methyl sites for hydroxylation is 1. The number of rotatable bonds is 6. The molecule has 0 heterocycles. The number of nitrogens with one attached hydrogen (secondary N) is 1. The van der Waals surface area contributed by atoms with Gasteiger partial charge in [0.1, 0.15) is 5.75 Å². The Morgan fingerprint density at radius 2 is 1.96 bits per heavy atom. The summed E-state index contributed by atoms with van der Waals surface area (Å²) >= 11 is 0. The first kappa shape index (κ1) is 21.4. The molecule has 3 rings (SSSR count). The summed E-state index contributed by atoms with van der Waals surface area (Å²) < 4.78 is 44.3. The Hall–Kier alpha value is -1.27. The smallest absolute Gasteiger partial charge is 0.416 e. The van der Waals surface area contributed by atoms with Gasteiger partial charge in [0.05, 0.1) is 17.8 Å². The molecule has 4 unspecified atom stereocenters. The van der Waals surface area contributed by atoms with Crippen molar-refractivity contribution in [2.75, 3.05) is 13.2 Å². The van der Waals surface area contributed by atoms with E-state index in [-0.39, 0.29) is 11.3 Å². The Kier molecular flexibility index (Phi) is 6.02. The molecule has 0 aromatic heterocycles. The number of hydrogen-bond donors (Lipinski definition) is 2. The molecule has 0 spiro atoms. The van der Waals surface area contributed by atoms with Crippen molar-refractivity contribution in [2.45, 2.75) is 76.6 Å². The maximum absolute atomic E-state index is 12.9. The summed E-state index contributed by atoms with van der Waals surface area (Å²) in [5.74, 6) is 1.40. The summed E-state index contributed by atoms with van der Waals surface area (Å²) in [5.41, 5.74) is -0.796. The van der Waals surface area contributed by atoms with Crippen LogP contribution in [0, 0.1) is 18.8 Å². The number of aliphatic hydroxyl groups is 1. The first-order valence-electron chi connectivity index (χ1n) is 10.3. The Labute approximate surface area is 165 Å². The van der Waals surface area contributed by atoms with Gasteiger partial charge in [0.15, 0.2) is 0 Å². The highest BCUT2D eigenvalue weighted by molar-refractivity contribution is 5.35. The molecule has 1 aromatic rings. The quantitative estimate of drug-likeness (QED) is 0.655. The second-order valence-corrected chi connectivity index (χ2v) is 9.44. The van der Waals surface area contributed by atoms with Crippen molar-refractivity contribution in [1.82, 2.24) is 5.32 Å². The van der Waals surface area contributed by atoms with Crippen molar-refractivity contribution in [2.24, 2.45) is 11.8 Å². The van der Waals surface area contributed by atoms with Crippen LogP contribution in [0.25, 0.3) is 0 Å². The fourth-order valence-electron chi connectivity index (χ4n) is 5.52. The van der Waals surface area contributed by atoms with Crippen LogP contribution < -0.4 is 10.1 Å². The molecule has 2 aliphatic carbocycles. The lowest BCUT2D eigenvalue weighted by Gasteiger charge is -2.52. The highest BCUT2D eigenvalue weighted by Gasteiger charge is 2.48. The van der Waals surface area contributed by atoms with E-state index in [9.17, 15) is 18.3 Å². The summed E-state index contributed by atoms with van der Waals surface area (Å²) in [6, 6.07) is 3.81. The summed E-state index contributed by atoms with van der Waals surface area (Å²) in [6.45, 7) is 7.11. The lowest BCUT2D eigenvalue weighted by atomic mass is 9.60. The molecule has 0 saturated heterocycles.